The Kier molecular flexibility index (Phi) is 6.47. The van der Waals surface area contributed by atoms with Crippen molar-refractivity contribution in [3.8, 4) is 0 Å². The minimum absolute atomic E-state index is 0.494. The predicted octanol–water partition coefficient (Wildman–Crippen LogP) is 4.95. The van der Waals surface area contributed by atoms with Crippen LogP contribution in [0.1, 0.15) is 36.5 Å². The lowest BCUT2D eigenvalue weighted by molar-refractivity contribution is 0.593. The molecule has 0 heterocycles. The third-order valence-corrected chi connectivity index (χ3v) is 4.62. The van der Waals surface area contributed by atoms with Gasteiger partial charge in [-0.2, -0.15) is 0 Å². The first-order valence-corrected chi connectivity index (χ1v) is 8.56. The van der Waals surface area contributed by atoms with Gasteiger partial charge in [-0.25, -0.2) is 0 Å². The Labute approximate surface area is 136 Å². The summed E-state index contributed by atoms with van der Waals surface area (Å²) in [6, 6.07) is 17.6. The van der Waals surface area contributed by atoms with Gasteiger partial charge in [-0.1, -0.05) is 72.2 Å². The van der Waals surface area contributed by atoms with Crippen LogP contribution in [0.15, 0.2) is 53.0 Å². The van der Waals surface area contributed by atoms with Gasteiger partial charge in [0.25, 0.3) is 0 Å². The zero-order valence-corrected chi connectivity index (χ0v) is 14.5. The van der Waals surface area contributed by atoms with Crippen LogP contribution in [-0.4, -0.2) is 13.1 Å². The largest absolute Gasteiger partial charge is 0.316 e. The Balaban J connectivity index is 2.17. The minimum Gasteiger partial charge on any atom is -0.316 e. The Bertz CT molecular complexity index is 548. The molecule has 21 heavy (non-hydrogen) atoms. The highest BCUT2D eigenvalue weighted by molar-refractivity contribution is 9.10. The lowest BCUT2D eigenvalue weighted by Crippen LogP contribution is -2.23. The maximum atomic E-state index is 3.70. The maximum Gasteiger partial charge on any atom is 0.0210 e. The zero-order valence-electron chi connectivity index (χ0n) is 12.9. The molecule has 0 aromatic heterocycles. The Morgan fingerprint density at radius 2 is 1.62 bits per heavy atom. The average Bonchev–Trinajstić information content (AvgIpc) is 2.53. The van der Waals surface area contributed by atoms with Gasteiger partial charge in [0.15, 0.2) is 0 Å². The summed E-state index contributed by atoms with van der Waals surface area (Å²) in [5.74, 6) is 0.494. The molecule has 0 radical (unpaired) electrons. The van der Waals surface area contributed by atoms with E-state index >= 15 is 0 Å². The average molecular weight is 346 g/mol. The van der Waals surface area contributed by atoms with Crippen molar-refractivity contribution in [3.05, 3.63) is 69.7 Å². The summed E-state index contributed by atoms with van der Waals surface area (Å²) in [5.41, 5.74) is 4.20. The van der Waals surface area contributed by atoms with Gasteiger partial charge >= 0.3 is 0 Å². The summed E-state index contributed by atoms with van der Waals surface area (Å²) in [5, 5.41) is 3.50. The van der Waals surface area contributed by atoms with E-state index in [1.54, 1.807) is 0 Å². The molecular formula is C19H24BrN. The molecule has 2 rings (SSSR count). The number of nitrogens with one attached hydrogen (secondary N) is 1. The van der Waals surface area contributed by atoms with E-state index in [0.29, 0.717) is 5.92 Å². The highest BCUT2D eigenvalue weighted by atomic mass is 79.9. The van der Waals surface area contributed by atoms with E-state index in [4.69, 9.17) is 0 Å². The SMILES string of the molecule is CCNCC(Cc1ccc(CC)cc1)c1ccccc1Br. The van der Waals surface area contributed by atoms with Crippen LogP contribution in [0.5, 0.6) is 0 Å². The van der Waals surface area contributed by atoms with Crippen LogP contribution in [-0.2, 0) is 12.8 Å². The smallest absolute Gasteiger partial charge is 0.0210 e. The zero-order chi connectivity index (χ0) is 15.1. The third-order valence-electron chi connectivity index (χ3n) is 3.90. The van der Waals surface area contributed by atoms with Crippen molar-refractivity contribution < 1.29 is 0 Å². The number of benzene rings is 2. The highest BCUT2D eigenvalue weighted by Gasteiger charge is 2.14. The van der Waals surface area contributed by atoms with Crippen molar-refractivity contribution in [2.24, 2.45) is 0 Å². The molecule has 0 spiro atoms. The first-order valence-electron chi connectivity index (χ1n) is 7.77. The number of aryl methyl sites for hydroxylation is 1. The molecule has 0 aliphatic heterocycles. The lowest BCUT2D eigenvalue weighted by Gasteiger charge is -2.19. The minimum atomic E-state index is 0.494. The van der Waals surface area contributed by atoms with Crippen molar-refractivity contribution in [1.82, 2.24) is 5.32 Å². The summed E-state index contributed by atoms with van der Waals surface area (Å²) in [6.45, 7) is 6.38. The second kappa shape index (κ2) is 8.35. The van der Waals surface area contributed by atoms with Gasteiger partial charge in [-0.3, -0.25) is 0 Å². The van der Waals surface area contributed by atoms with Gasteiger partial charge in [0.1, 0.15) is 0 Å². The quantitative estimate of drug-likeness (QED) is 0.748. The highest BCUT2D eigenvalue weighted by Crippen LogP contribution is 2.27. The molecule has 1 N–H and O–H groups in total. The molecule has 0 aliphatic rings. The standard InChI is InChI=1S/C19H24BrN/c1-3-15-9-11-16(12-10-15)13-17(14-21-4-2)18-7-5-6-8-19(18)20/h5-12,17,21H,3-4,13-14H2,1-2H3. The van der Waals surface area contributed by atoms with Crippen molar-refractivity contribution in [3.63, 3.8) is 0 Å². The molecule has 0 fully saturated rings. The van der Waals surface area contributed by atoms with Crippen molar-refractivity contribution >= 4 is 15.9 Å². The first kappa shape index (κ1) is 16.3. The summed E-state index contributed by atoms with van der Waals surface area (Å²) in [4.78, 5) is 0. The second-order valence-corrected chi connectivity index (χ2v) is 6.25. The van der Waals surface area contributed by atoms with Gasteiger partial charge in [0, 0.05) is 16.9 Å². The predicted molar refractivity (Wildman–Crippen MR) is 95.0 cm³/mol. The van der Waals surface area contributed by atoms with E-state index in [9.17, 15) is 0 Å². The van der Waals surface area contributed by atoms with Crippen molar-refractivity contribution in [1.29, 1.82) is 0 Å². The molecule has 2 heteroatoms. The van der Waals surface area contributed by atoms with Gasteiger partial charge < -0.3 is 5.32 Å². The molecule has 0 bridgehead atoms. The molecule has 112 valence electrons. The molecule has 1 unspecified atom stereocenters. The molecule has 0 aliphatic carbocycles. The Morgan fingerprint density at radius 3 is 2.24 bits per heavy atom. The van der Waals surface area contributed by atoms with Crippen LogP contribution < -0.4 is 5.32 Å². The van der Waals surface area contributed by atoms with Crippen LogP contribution in [0.2, 0.25) is 0 Å². The number of likely N-dealkylation sites (N-methyl/N-ethyl adjacent to an activating group) is 1. The topological polar surface area (TPSA) is 12.0 Å². The number of hydrogen-bond acceptors (Lipinski definition) is 1. The van der Waals surface area contributed by atoms with E-state index in [-0.39, 0.29) is 0 Å². The van der Waals surface area contributed by atoms with Crippen LogP contribution in [0.3, 0.4) is 0 Å². The monoisotopic (exact) mass is 345 g/mol. The Morgan fingerprint density at radius 1 is 0.952 bits per heavy atom. The number of hydrogen-bond donors (Lipinski definition) is 1. The number of halogens is 1. The van der Waals surface area contributed by atoms with Gasteiger partial charge in [-0.15, -0.1) is 0 Å². The molecule has 1 atom stereocenters. The fourth-order valence-electron chi connectivity index (χ4n) is 2.61. The molecule has 2 aromatic carbocycles. The van der Waals surface area contributed by atoms with Gasteiger partial charge in [0.2, 0.25) is 0 Å². The molecule has 1 nitrogen and oxygen atoms in total. The van der Waals surface area contributed by atoms with E-state index in [1.807, 2.05) is 0 Å². The molecule has 0 saturated carbocycles. The fourth-order valence-corrected chi connectivity index (χ4v) is 3.22. The summed E-state index contributed by atoms with van der Waals surface area (Å²) >= 11 is 3.70. The van der Waals surface area contributed by atoms with Crippen LogP contribution >= 0.6 is 15.9 Å². The van der Waals surface area contributed by atoms with Crippen molar-refractivity contribution in [2.45, 2.75) is 32.6 Å². The summed E-state index contributed by atoms with van der Waals surface area (Å²) in [7, 11) is 0. The third kappa shape index (κ3) is 4.69. The van der Waals surface area contributed by atoms with Crippen LogP contribution in [0.25, 0.3) is 0 Å². The second-order valence-electron chi connectivity index (χ2n) is 5.40. The summed E-state index contributed by atoms with van der Waals surface area (Å²) < 4.78 is 1.21. The lowest BCUT2D eigenvalue weighted by atomic mass is 9.91. The van der Waals surface area contributed by atoms with Crippen molar-refractivity contribution in [2.75, 3.05) is 13.1 Å². The number of rotatable bonds is 7. The molecular weight excluding hydrogens is 322 g/mol. The normalized spacial score (nSPS) is 12.3. The van der Waals surface area contributed by atoms with E-state index in [1.165, 1.54) is 21.2 Å². The molecule has 0 saturated heterocycles. The molecule has 0 amide bonds. The maximum absolute atomic E-state index is 3.70. The van der Waals surface area contributed by atoms with Crippen LogP contribution in [0, 0.1) is 0 Å². The molecule has 2 aromatic rings. The van der Waals surface area contributed by atoms with Crippen LogP contribution in [0.4, 0.5) is 0 Å². The fraction of sp³-hybridized carbons (Fsp3) is 0.368. The summed E-state index contributed by atoms with van der Waals surface area (Å²) in [6.07, 6.45) is 2.17. The first-order chi connectivity index (χ1) is 10.2. The van der Waals surface area contributed by atoms with Gasteiger partial charge in [0.05, 0.1) is 0 Å². The van der Waals surface area contributed by atoms with E-state index in [0.717, 1.165) is 25.9 Å². The van der Waals surface area contributed by atoms with E-state index < -0.39 is 0 Å². The Hall–Kier alpha value is -1.12. The van der Waals surface area contributed by atoms with E-state index in [2.05, 4.69) is 83.6 Å². The van der Waals surface area contributed by atoms with Gasteiger partial charge in [-0.05, 0) is 42.1 Å².